The minimum Gasteiger partial charge on any atom is -0.374 e. The van der Waals surface area contributed by atoms with Crippen LogP contribution in [0.25, 0.3) is 0 Å². The second kappa shape index (κ2) is 4.66. The number of amidine groups is 1. The highest BCUT2D eigenvalue weighted by Crippen LogP contribution is 2.40. The summed E-state index contributed by atoms with van der Waals surface area (Å²) < 4.78 is 0. The molecule has 1 N–H and O–H groups in total. The van der Waals surface area contributed by atoms with E-state index in [1.165, 1.54) is 0 Å². The van der Waals surface area contributed by atoms with Gasteiger partial charge in [-0.2, -0.15) is 0 Å². The van der Waals surface area contributed by atoms with E-state index in [0.717, 1.165) is 5.69 Å². The molecule has 0 spiro atoms. The fraction of sp³-hybridized carbons (Fsp3) is 0.176. The number of ketones is 1. The summed E-state index contributed by atoms with van der Waals surface area (Å²) in [5.41, 5.74) is 0.293. The summed E-state index contributed by atoms with van der Waals surface area (Å²) in [6, 6.07) is 14.6. The van der Waals surface area contributed by atoms with E-state index in [9.17, 15) is 9.90 Å². The first-order valence-electron chi connectivity index (χ1n) is 7.08. The van der Waals surface area contributed by atoms with Gasteiger partial charge in [-0.3, -0.25) is 4.79 Å². The average molecular weight is 313 g/mol. The van der Waals surface area contributed by atoms with E-state index in [4.69, 9.17) is 11.6 Å². The van der Waals surface area contributed by atoms with Crippen LogP contribution in [0.15, 0.2) is 53.5 Å². The van der Waals surface area contributed by atoms with Crippen molar-refractivity contribution in [2.75, 3.05) is 11.4 Å². The molecule has 0 aliphatic carbocycles. The predicted molar refractivity (Wildman–Crippen MR) is 86.2 cm³/mol. The lowest BCUT2D eigenvalue weighted by Gasteiger charge is -2.29. The van der Waals surface area contributed by atoms with E-state index in [1.807, 2.05) is 35.2 Å². The summed E-state index contributed by atoms with van der Waals surface area (Å²) in [6.07, 6.45) is 0.325. The molecule has 1 fully saturated rings. The van der Waals surface area contributed by atoms with Crippen molar-refractivity contribution in [2.45, 2.75) is 12.0 Å². The lowest BCUT2D eigenvalue weighted by Crippen LogP contribution is -2.48. The fourth-order valence-corrected chi connectivity index (χ4v) is 3.24. The summed E-state index contributed by atoms with van der Waals surface area (Å²) in [5.74, 6) is 0.0759. The monoisotopic (exact) mass is 312 g/mol. The molecule has 4 nitrogen and oxygen atoms in total. The summed E-state index contributed by atoms with van der Waals surface area (Å²) >= 11 is 5.96. The Bertz CT molecular complexity index is 804. The Balaban J connectivity index is 1.88. The molecule has 0 radical (unpaired) electrons. The van der Waals surface area contributed by atoms with Crippen LogP contribution in [0.5, 0.6) is 0 Å². The van der Waals surface area contributed by atoms with E-state index < -0.39 is 5.60 Å². The van der Waals surface area contributed by atoms with Crippen molar-refractivity contribution in [3.63, 3.8) is 0 Å². The summed E-state index contributed by atoms with van der Waals surface area (Å²) in [5, 5.41) is 11.3. The number of carbonyl (C=O) groups is 1. The number of benzene rings is 2. The van der Waals surface area contributed by atoms with Crippen LogP contribution in [0.2, 0.25) is 5.02 Å². The van der Waals surface area contributed by atoms with Crippen molar-refractivity contribution in [3.8, 4) is 0 Å². The van der Waals surface area contributed by atoms with Gasteiger partial charge in [-0.1, -0.05) is 29.8 Å². The van der Waals surface area contributed by atoms with E-state index >= 15 is 0 Å². The number of fused-ring (bicyclic) bond motifs is 2. The van der Waals surface area contributed by atoms with Crippen LogP contribution < -0.4 is 4.90 Å². The smallest absolute Gasteiger partial charge is 0.204 e. The van der Waals surface area contributed by atoms with Crippen LogP contribution in [0.1, 0.15) is 16.8 Å². The first kappa shape index (κ1) is 13.5. The first-order chi connectivity index (χ1) is 10.6. The van der Waals surface area contributed by atoms with Crippen molar-refractivity contribution in [1.29, 1.82) is 0 Å². The minimum absolute atomic E-state index is 0.325. The zero-order chi connectivity index (χ0) is 15.3. The van der Waals surface area contributed by atoms with Gasteiger partial charge >= 0.3 is 0 Å². The van der Waals surface area contributed by atoms with Gasteiger partial charge in [0, 0.05) is 29.2 Å². The van der Waals surface area contributed by atoms with Crippen molar-refractivity contribution in [1.82, 2.24) is 0 Å². The molecule has 0 aromatic heterocycles. The Hall–Kier alpha value is -2.17. The number of para-hydroxylation sites is 1. The molecule has 22 heavy (non-hydrogen) atoms. The number of nitrogens with zero attached hydrogens (tertiary/aromatic N) is 2. The number of aliphatic imine (C=N–C) groups is 1. The number of anilines is 1. The lowest BCUT2D eigenvalue weighted by atomic mass is 9.88. The summed E-state index contributed by atoms with van der Waals surface area (Å²) in [6.45, 7) is 0.548. The van der Waals surface area contributed by atoms with Gasteiger partial charge in [-0.25, -0.2) is 4.99 Å². The molecular weight excluding hydrogens is 300 g/mol. The largest absolute Gasteiger partial charge is 0.374 e. The maximum Gasteiger partial charge on any atom is 0.204 e. The minimum atomic E-state index is -1.56. The molecule has 2 aliphatic heterocycles. The zero-order valence-electron chi connectivity index (χ0n) is 11.7. The third-order valence-electron chi connectivity index (χ3n) is 4.20. The Kier molecular flexibility index (Phi) is 2.86. The fourth-order valence-electron chi connectivity index (χ4n) is 3.07. The number of hydrogen-bond donors (Lipinski definition) is 1. The Labute approximate surface area is 132 Å². The molecule has 5 heteroatoms. The Morgan fingerprint density at radius 1 is 1.18 bits per heavy atom. The third kappa shape index (κ3) is 1.81. The SMILES string of the molecule is O=C1c2cc(Cl)ccc2N=C2N(c3ccccc3)CCC12O. The maximum absolute atomic E-state index is 12.7. The van der Waals surface area contributed by atoms with Crippen LogP contribution in [0.4, 0.5) is 11.4 Å². The number of rotatable bonds is 1. The van der Waals surface area contributed by atoms with Crippen molar-refractivity contribution >= 4 is 34.6 Å². The van der Waals surface area contributed by atoms with Gasteiger partial charge in [0.05, 0.1) is 5.69 Å². The highest BCUT2D eigenvalue weighted by Gasteiger charge is 2.52. The van der Waals surface area contributed by atoms with Gasteiger partial charge in [0.2, 0.25) is 5.78 Å². The third-order valence-corrected chi connectivity index (χ3v) is 4.43. The van der Waals surface area contributed by atoms with Gasteiger partial charge in [0.15, 0.2) is 5.60 Å². The molecule has 2 aromatic rings. The molecule has 0 amide bonds. The normalized spacial score (nSPS) is 23.1. The molecule has 0 bridgehead atoms. The van der Waals surface area contributed by atoms with Gasteiger partial charge < -0.3 is 10.0 Å². The summed E-state index contributed by atoms with van der Waals surface area (Å²) in [4.78, 5) is 19.2. The van der Waals surface area contributed by atoms with Crippen molar-refractivity contribution in [2.24, 2.45) is 4.99 Å². The highest BCUT2D eigenvalue weighted by atomic mass is 35.5. The molecule has 110 valence electrons. The van der Waals surface area contributed by atoms with E-state index in [-0.39, 0.29) is 5.78 Å². The van der Waals surface area contributed by atoms with E-state index in [2.05, 4.69) is 4.99 Å². The van der Waals surface area contributed by atoms with Gasteiger partial charge in [-0.15, -0.1) is 0 Å². The predicted octanol–water partition coefficient (Wildman–Crippen LogP) is 3.21. The molecule has 2 aromatic carbocycles. The zero-order valence-corrected chi connectivity index (χ0v) is 12.4. The van der Waals surface area contributed by atoms with Crippen LogP contribution in [0, 0.1) is 0 Å². The topological polar surface area (TPSA) is 52.9 Å². The van der Waals surface area contributed by atoms with Gasteiger partial charge in [0.1, 0.15) is 5.84 Å². The van der Waals surface area contributed by atoms with E-state index in [0.29, 0.717) is 35.1 Å². The first-order valence-corrected chi connectivity index (χ1v) is 7.46. The standard InChI is InChI=1S/C17H13ClN2O2/c18-11-6-7-14-13(10-11)15(21)17(22)8-9-20(16(17)19-14)12-4-2-1-3-5-12/h1-7,10,22H,8-9H2. The van der Waals surface area contributed by atoms with Crippen LogP contribution in [-0.4, -0.2) is 28.9 Å². The molecule has 1 saturated heterocycles. The van der Waals surface area contributed by atoms with Crippen LogP contribution >= 0.6 is 11.6 Å². The molecule has 2 aliphatic rings. The molecule has 1 atom stereocenters. The maximum atomic E-state index is 12.7. The number of aliphatic hydroxyl groups is 1. The second-order valence-electron chi connectivity index (χ2n) is 5.52. The van der Waals surface area contributed by atoms with Crippen LogP contribution in [-0.2, 0) is 0 Å². The Morgan fingerprint density at radius 3 is 2.73 bits per heavy atom. The number of Topliss-reactive ketones (excluding diaryl/α,β-unsaturated/α-hetero) is 1. The second-order valence-corrected chi connectivity index (χ2v) is 5.96. The highest BCUT2D eigenvalue weighted by molar-refractivity contribution is 6.33. The number of hydrogen-bond acceptors (Lipinski definition) is 4. The molecule has 1 unspecified atom stereocenters. The number of halogens is 1. The van der Waals surface area contributed by atoms with Crippen molar-refractivity contribution < 1.29 is 9.90 Å². The number of carbonyl (C=O) groups excluding carboxylic acids is 1. The lowest BCUT2D eigenvalue weighted by molar-refractivity contribution is 0.0602. The van der Waals surface area contributed by atoms with E-state index in [1.54, 1.807) is 18.2 Å². The van der Waals surface area contributed by atoms with Crippen molar-refractivity contribution in [3.05, 3.63) is 59.1 Å². The molecule has 0 saturated carbocycles. The average Bonchev–Trinajstić information content (AvgIpc) is 2.88. The molecular formula is C17H13ClN2O2. The quantitative estimate of drug-likeness (QED) is 0.879. The van der Waals surface area contributed by atoms with Gasteiger partial charge in [0.25, 0.3) is 0 Å². The molecule has 2 heterocycles. The molecule has 4 rings (SSSR count). The summed E-state index contributed by atoms with van der Waals surface area (Å²) in [7, 11) is 0. The Morgan fingerprint density at radius 2 is 1.95 bits per heavy atom. The van der Waals surface area contributed by atoms with Crippen LogP contribution in [0.3, 0.4) is 0 Å². The van der Waals surface area contributed by atoms with Gasteiger partial charge in [-0.05, 0) is 30.3 Å².